The molecule has 1 saturated heterocycles. The monoisotopic (exact) mass is 522 g/mol. The summed E-state index contributed by atoms with van der Waals surface area (Å²) >= 11 is 0.867. The summed E-state index contributed by atoms with van der Waals surface area (Å²) in [5.41, 5.74) is 1.19. The van der Waals surface area contributed by atoms with Crippen LogP contribution < -0.4 is 14.4 Å². The van der Waals surface area contributed by atoms with Crippen molar-refractivity contribution in [3.05, 3.63) is 88.5 Å². The Morgan fingerprint density at radius 3 is 2.54 bits per heavy atom. The molecule has 37 heavy (non-hydrogen) atoms. The number of aryl methyl sites for hydroxylation is 1. The second-order valence-corrected chi connectivity index (χ2v) is 9.39. The van der Waals surface area contributed by atoms with E-state index in [1.54, 1.807) is 30.3 Å². The van der Waals surface area contributed by atoms with Gasteiger partial charge in [-0.3, -0.25) is 14.5 Å². The maximum Gasteiger partial charge on any atom is 0.301 e. The van der Waals surface area contributed by atoms with Gasteiger partial charge in [-0.25, -0.2) is 13.8 Å². The molecule has 4 aromatic rings. The van der Waals surface area contributed by atoms with Gasteiger partial charge in [-0.15, -0.1) is 0 Å². The minimum absolute atomic E-state index is 0.00948. The van der Waals surface area contributed by atoms with Crippen LogP contribution in [0.3, 0.4) is 0 Å². The fourth-order valence-electron chi connectivity index (χ4n) is 4.38. The molecule has 1 aliphatic rings. The van der Waals surface area contributed by atoms with Gasteiger partial charge in [-0.05, 0) is 36.8 Å². The molecule has 188 valence electrons. The van der Waals surface area contributed by atoms with Crippen molar-refractivity contribution in [2.45, 2.75) is 13.0 Å². The Bertz CT molecular complexity index is 1610. The third-order valence-electron chi connectivity index (χ3n) is 6.07. The lowest BCUT2D eigenvalue weighted by atomic mass is 9.94. The molecule has 0 bridgehead atoms. The largest absolute Gasteiger partial charge is 0.507 e. The summed E-state index contributed by atoms with van der Waals surface area (Å²) in [4.78, 5) is 32.2. The molecule has 5 rings (SSSR count). The Hall–Kier alpha value is -4.31. The number of ketones is 1. The zero-order valence-corrected chi connectivity index (χ0v) is 20.7. The van der Waals surface area contributed by atoms with Crippen molar-refractivity contribution in [1.29, 1.82) is 0 Å². The number of aliphatic hydroxyl groups is 1. The van der Waals surface area contributed by atoms with Crippen LogP contribution in [0.25, 0.3) is 16.0 Å². The average molecular weight is 523 g/mol. The van der Waals surface area contributed by atoms with Gasteiger partial charge in [-0.1, -0.05) is 41.2 Å². The first-order chi connectivity index (χ1) is 17.7. The van der Waals surface area contributed by atoms with Crippen molar-refractivity contribution in [3.8, 4) is 11.5 Å². The van der Waals surface area contributed by atoms with Crippen LogP contribution in [0.4, 0.5) is 13.9 Å². The van der Waals surface area contributed by atoms with Crippen molar-refractivity contribution in [3.63, 3.8) is 0 Å². The molecular formula is C27H20F2N2O5S. The van der Waals surface area contributed by atoms with Gasteiger partial charge in [0.2, 0.25) is 0 Å². The Morgan fingerprint density at radius 2 is 1.84 bits per heavy atom. The first-order valence-corrected chi connectivity index (χ1v) is 11.9. The molecule has 0 saturated carbocycles. The number of benzene rings is 3. The standard InChI is InChI=1S/C27H20F2N2O5S/c1-13-5-4-6-14(9-13)23-21(24(32)17-12-16(35-2)7-8-19(17)36-3)25(33)26(34)31(23)27-30-22-18(29)10-15(28)11-20(22)37-27/h4-12,23,32H,1-3H3/b24-21+. The lowest BCUT2D eigenvalue weighted by molar-refractivity contribution is -0.132. The van der Waals surface area contributed by atoms with Crippen molar-refractivity contribution in [2.24, 2.45) is 0 Å². The van der Waals surface area contributed by atoms with E-state index >= 15 is 0 Å². The molecule has 0 aliphatic carbocycles. The summed E-state index contributed by atoms with van der Waals surface area (Å²) in [6, 6.07) is 12.5. The Balaban J connectivity index is 1.78. The molecule has 7 nitrogen and oxygen atoms in total. The molecule has 1 amide bonds. The topological polar surface area (TPSA) is 89.0 Å². The number of halogens is 2. The maximum atomic E-state index is 14.4. The summed E-state index contributed by atoms with van der Waals surface area (Å²) < 4.78 is 39.1. The van der Waals surface area contributed by atoms with E-state index < -0.39 is 35.1 Å². The smallest absolute Gasteiger partial charge is 0.301 e. The number of anilines is 1. The SMILES string of the molecule is COc1ccc(OC)c(/C(O)=C2\C(=O)C(=O)N(c3nc4c(F)cc(F)cc4s3)C2c2cccc(C)c2)c1. The number of amides is 1. The van der Waals surface area contributed by atoms with E-state index in [9.17, 15) is 23.5 Å². The highest BCUT2D eigenvalue weighted by atomic mass is 32.1. The van der Waals surface area contributed by atoms with Crippen molar-refractivity contribution in [2.75, 3.05) is 19.1 Å². The molecule has 10 heteroatoms. The Kier molecular flexibility index (Phi) is 6.12. The minimum atomic E-state index is -1.09. The number of nitrogens with zero attached hydrogens (tertiary/aromatic N) is 2. The molecule has 1 N–H and O–H groups in total. The van der Waals surface area contributed by atoms with Crippen molar-refractivity contribution >= 4 is 44.1 Å². The van der Waals surface area contributed by atoms with Gasteiger partial charge < -0.3 is 14.6 Å². The number of methoxy groups -OCH3 is 2. The van der Waals surface area contributed by atoms with Gasteiger partial charge in [-0.2, -0.15) is 0 Å². The molecule has 0 spiro atoms. The van der Waals surface area contributed by atoms with Gasteiger partial charge in [0.15, 0.2) is 10.9 Å². The van der Waals surface area contributed by atoms with Crippen LogP contribution in [0.2, 0.25) is 0 Å². The number of hydrogen-bond donors (Lipinski definition) is 1. The van der Waals surface area contributed by atoms with E-state index in [2.05, 4.69) is 4.98 Å². The molecule has 2 heterocycles. The zero-order chi connectivity index (χ0) is 26.4. The number of aromatic nitrogens is 1. The molecule has 1 aromatic heterocycles. The van der Waals surface area contributed by atoms with E-state index in [0.717, 1.165) is 27.9 Å². The summed E-state index contributed by atoms with van der Waals surface area (Å²) in [5, 5.41) is 11.4. The number of ether oxygens (including phenoxy) is 2. The van der Waals surface area contributed by atoms with E-state index in [1.165, 1.54) is 20.3 Å². The number of thiazole rings is 1. The lowest BCUT2D eigenvalue weighted by Gasteiger charge is -2.23. The first-order valence-electron chi connectivity index (χ1n) is 11.1. The van der Waals surface area contributed by atoms with E-state index in [0.29, 0.717) is 17.4 Å². The zero-order valence-electron chi connectivity index (χ0n) is 19.9. The first kappa shape index (κ1) is 24.4. The van der Waals surface area contributed by atoms with Crippen LogP contribution in [0.5, 0.6) is 11.5 Å². The Labute approximate surface area is 214 Å². The number of rotatable bonds is 5. The van der Waals surface area contributed by atoms with E-state index in [1.807, 2.05) is 13.0 Å². The van der Waals surface area contributed by atoms with Crippen LogP contribution in [-0.4, -0.2) is 36.0 Å². The molecule has 3 aromatic carbocycles. The average Bonchev–Trinajstić information content (AvgIpc) is 3.41. The van der Waals surface area contributed by atoms with Crippen LogP contribution in [0.1, 0.15) is 22.7 Å². The number of carbonyl (C=O) groups is 2. The molecule has 1 atom stereocenters. The second kappa shape index (κ2) is 9.29. The predicted octanol–water partition coefficient (Wildman–Crippen LogP) is 5.53. The molecule has 0 radical (unpaired) electrons. The highest BCUT2D eigenvalue weighted by Gasteiger charge is 2.48. The minimum Gasteiger partial charge on any atom is -0.507 e. The fourth-order valence-corrected chi connectivity index (χ4v) is 5.41. The molecule has 1 unspecified atom stereocenters. The van der Waals surface area contributed by atoms with Gasteiger partial charge in [0.25, 0.3) is 5.78 Å². The number of aliphatic hydroxyl groups excluding tert-OH is 1. The molecule has 1 fully saturated rings. The second-order valence-electron chi connectivity index (χ2n) is 8.38. The van der Waals surface area contributed by atoms with Gasteiger partial charge in [0.05, 0.1) is 36.1 Å². The fraction of sp³-hybridized carbons (Fsp3) is 0.148. The normalized spacial score (nSPS) is 17.0. The summed E-state index contributed by atoms with van der Waals surface area (Å²) in [6.07, 6.45) is 0. The molecule has 1 aliphatic heterocycles. The van der Waals surface area contributed by atoms with E-state index in [4.69, 9.17) is 9.47 Å². The van der Waals surface area contributed by atoms with Crippen LogP contribution in [0.15, 0.2) is 60.2 Å². The van der Waals surface area contributed by atoms with Crippen LogP contribution >= 0.6 is 11.3 Å². The quantitative estimate of drug-likeness (QED) is 0.211. The van der Waals surface area contributed by atoms with Crippen molar-refractivity contribution in [1.82, 2.24) is 4.98 Å². The maximum absolute atomic E-state index is 14.4. The van der Waals surface area contributed by atoms with Gasteiger partial charge >= 0.3 is 5.91 Å². The highest BCUT2D eigenvalue weighted by Crippen LogP contribution is 2.45. The van der Waals surface area contributed by atoms with Gasteiger partial charge in [0, 0.05) is 6.07 Å². The number of carbonyl (C=O) groups excluding carboxylic acids is 2. The lowest BCUT2D eigenvalue weighted by Crippen LogP contribution is -2.29. The third-order valence-corrected chi connectivity index (χ3v) is 7.07. The van der Waals surface area contributed by atoms with Crippen LogP contribution in [-0.2, 0) is 9.59 Å². The number of fused-ring (bicyclic) bond motifs is 1. The summed E-state index contributed by atoms with van der Waals surface area (Å²) in [5.74, 6) is -3.42. The Morgan fingerprint density at radius 1 is 1.05 bits per heavy atom. The third kappa shape index (κ3) is 4.09. The highest BCUT2D eigenvalue weighted by molar-refractivity contribution is 7.22. The van der Waals surface area contributed by atoms with E-state index in [-0.39, 0.29) is 32.2 Å². The van der Waals surface area contributed by atoms with Gasteiger partial charge in [0.1, 0.15) is 28.6 Å². The summed E-state index contributed by atoms with van der Waals surface area (Å²) in [7, 11) is 2.86. The number of Topliss-reactive ketones (excluding diaryl/α,β-unsaturated/α-hetero) is 1. The molecular weight excluding hydrogens is 502 g/mol. The predicted molar refractivity (Wildman–Crippen MR) is 135 cm³/mol. The number of hydrogen-bond acceptors (Lipinski definition) is 7. The van der Waals surface area contributed by atoms with Crippen molar-refractivity contribution < 1.29 is 33.0 Å². The summed E-state index contributed by atoms with van der Waals surface area (Å²) in [6.45, 7) is 1.84. The van der Waals surface area contributed by atoms with Crippen LogP contribution in [0, 0.1) is 18.6 Å².